The van der Waals surface area contributed by atoms with Gasteiger partial charge in [0, 0.05) is 24.7 Å². The first-order chi connectivity index (χ1) is 9.16. The number of nitrogens with one attached hydrogen (secondary N) is 2. The molecule has 0 radical (unpaired) electrons. The predicted octanol–water partition coefficient (Wildman–Crippen LogP) is 1.38. The molecule has 2 N–H and O–H groups in total. The van der Waals surface area contributed by atoms with E-state index in [1.807, 2.05) is 42.9 Å². The van der Waals surface area contributed by atoms with Crippen molar-refractivity contribution < 1.29 is 4.79 Å². The second-order valence-electron chi connectivity index (χ2n) is 4.15. The summed E-state index contributed by atoms with van der Waals surface area (Å²) in [5.74, 6) is 1.57. The first-order valence-electron chi connectivity index (χ1n) is 6.09. The smallest absolute Gasteiger partial charge is 0.242 e. The van der Waals surface area contributed by atoms with Crippen LogP contribution >= 0.6 is 11.8 Å². The summed E-state index contributed by atoms with van der Waals surface area (Å²) in [6.07, 6.45) is 3.77. The molecule has 102 valence electrons. The van der Waals surface area contributed by atoms with Gasteiger partial charge in [-0.2, -0.15) is 0 Å². The Hall–Kier alpha value is -1.76. The molecule has 0 saturated carbocycles. The lowest BCUT2D eigenvalue weighted by Gasteiger charge is -2.13. The van der Waals surface area contributed by atoms with Crippen molar-refractivity contribution in [3.8, 4) is 0 Å². The van der Waals surface area contributed by atoms with Crippen LogP contribution in [-0.4, -0.2) is 38.0 Å². The van der Waals surface area contributed by atoms with E-state index in [9.17, 15) is 4.79 Å². The molecule has 1 amide bonds. The van der Waals surface area contributed by atoms with Gasteiger partial charge in [0.2, 0.25) is 11.1 Å². The van der Waals surface area contributed by atoms with E-state index in [1.54, 1.807) is 0 Å². The Morgan fingerprint density at radius 3 is 2.89 bits per heavy atom. The van der Waals surface area contributed by atoms with Gasteiger partial charge in [-0.25, -0.2) is 4.98 Å². The minimum Gasteiger partial charge on any atom is -0.353 e. The van der Waals surface area contributed by atoms with Crippen LogP contribution in [0.2, 0.25) is 0 Å². The van der Waals surface area contributed by atoms with Crippen LogP contribution in [0.15, 0.2) is 29.7 Å². The summed E-state index contributed by atoms with van der Waals surface area (Å²) in [5.41, 5.74) is 0. The topological polar surface area (TPSA) is 75.6 Å². The van der Waals surface area contributed by atoms with Crippen LogP contribution in [0, 0.1) is 6.92 Å². The van der Waals surface area contributed by atoms with E-state index < -0.39 is 0 Å². The summed E-state index contributed by atoms with van der Waals surface area (Å²) in [5, 5.41) is 10.4. The fraction of sp³-hybridized carbons (Fsp3) is 0.417. The zero-order valence-corrected chi connectivity index (χ0v) is 11.8. The van der Waals surface area contributed by atoms with E-state index in [0.717, 1.165) is 11.6 Å². The highest BCUT2D eigenvalue weighted by molar-refractivity contribution is 7.99. The minimum atomic E-state index is -0.189. The number of carbonyl (C=O) groups excluding carboxylic acids is 1. The van der Waals surface area contributed by atoms with Crippen LogP contribution in [0.3, 0.4) is 0 Å². The van der Waals surface area contributed by atoms with Gasteiger partial charge in [0.1, 0.15) is 11.9 Å². The fourth-order valence-corrected chi connectivity index (χ4v) is 2.29. The standard InChI is InChI=1S/C12H17N5OS/c1-9(17-6-3-4-7-17)11(18)13-5-8-19-12-14-10(2)15-16-12/h3-4,6-7,9H,5,8H2,1-2H3,(H,13,18)(H,14,15,16). The predicted molar refractivity (Wildman–Crippen MR) is 74.0 cm³/mol. The third-order valence-electron chi connectivity index (χ3n) is 2.66. The molecule has 0 fully saturated rings. The number of hydrogen-bond donors (Lipinski definition) is 2. The zero-order chi connectivity index (χ0) is 13.7. The zero-order valence-electron chi connectivity index (χ0n) is 11.0. The SMILES string of the molecule is Cc1nc(SCCNC(=O)C(C)n2cccc2)n[nH]1. The van der Waals surface area contributed by atoms with Gasteiger partial charge in [0.25, 0.3) is 0 Å². The highest BCUT2D eigenvalue weighted by Gasteiger charge is 2.12. The Labute approximate surface area is 116 Å². The van der Waals surface area contributed by atoms with E-state index >= 15 is 0 Å². The van der Waals surface area contributed by atoms with Gasteiger partial charge in [0.15, 0.2) is 0 Å². The van der Waals surface area contributed by atoms with Gasteiger partial charge >= 0.3 is 0 Å². The Bertz CT molecular complexity index is 522. The summed E-state index contributed by atoms with van der Waals surface area (Å²) in [7, 11) is 0. The maximum atomic E-state index is 11.9. The second kappa shape index (κ2) is 6.42. The molecule has 0 bridgehead atoms. The summed E-state index contributed by atoms with van der Waals surface area (Å²) >= 11 is 1.52. The number of thioether (sulfide) groups is 1. The average molecular weight is 279 g/mol. The molecule has 2 aromatic heterocycles. The Morgan fingerprint density at radius 2 is 2.26 bits per heavy atom. The third kappa shape index (κ3) is 3.85. The molecule has 6 nitrogen and oxygen atoms in total. The Morgan fingerprint density at radius 1 is 1.53 bits per heavy atom. The number of carbonyl (C=O) groups is 1. The second-order valence-corrected chi connectivity index (χ2v) is 5.21. The molecule has 2 aromatic rings. The average Bonchev–Trinajstić information content (AvgIpc) is 3.05. The highest BCUT2D eigenvalue weighted by Crippen LogP contribution is 2.11. The van der Waals surface area contributed by atoms with Crippen molar-refractivity contribution in [1.82, 2.24) is 25.1 Å². The summed E-state index contributed by atoms with van der Waals surface area (Å²) in [6, 6.07) is 3.63. The molecule has 0 spiro atoms. The molecule has 2 heterocycles. The Balaban J connectivity index is 1.69. The van der Waals surface area contributed by atoms with E-state index in [2.05, 4.69) is 20.5 Å². The lowest BCUT2D eigenvalue weighted by molar-refractivity contribution is -0.123. The molecular formula is C12H17N5OS. The summed E-state index contributed by atoms with van der Waals surface area (Å²) < 4.78 is 1.88. The van der Waals surface area contributed by atoms with Gasteiger partial charge in [-0.15, -0.1) is 5.10 Å². The van der Waals surface area contributed by atoms with E-state index in [-0.39, 0.29) is 11.9 Å². The minimum absolute atomic E-state index is 0.0166. The van der Waals surface area contributed by atoms with Gasteiger partial charge in [-0.05, 0) is 26.0 Å². The number of hydrogen-bond acceptors (Lipinski definition) is 4. The van der Waals surface area contributed by atoms with Crippen molar-refractivity contribution in [2.45, 2.75) is 25.0 Å². The molecule has 0 saturated heterocycles. The van der Waals surface area contributed by atoms with Crippen LogP contribution in [-0.2, 0) is 4.79 Å². The van der Waals surface area contributed by atoms with Crippen LogP contribution in [0.5, 0.6) is 0 Å². The fourth-order valence-electron chi connectivity index (χ4n) is 1.59. The molecule has 19 heavy (non-hydrogen) atoms. The largest absolute Gasteiger partial charge is 0.353 e. The first-order valence-corrected chi connectivity index (χ1v) is 7.07. The van der Waals surface area contributed by atoms with Gasteiger partial charge in [-0.3, -0.25) is 9.89 Å². The third-order valence-corrected chi connectivity index (χ3v) is 3.51. The summed E-state index contributed by atoms with van der Waals surface area (Å²) in [6.45, 7) is 4.33. The number of aromatic amines is 1. The van der Waals surface area contributed by atoms with Crippen molar-refractivity contribution >= 4 is 17.7 Å². The normalized spacial score (nSPS) is 12.3. The lowest BCUT2D eigenvalue weighted by Crippen LogP contribution is -2.32. The van der Waals surface area contributed by atoms with Crippen molar-refractivity contribution in [2.75, 3.05) is 12.3 Å². The van der Waals surface area contributed by atoms with Crippen molar-refractivity contribution in [2.24, 2.45) is 0 Å². The van der Waals surface area contributed by atoms with Crippen LogP contribution < -0.4 is 5.32 Å². The molecule has 0 aromatic carbocycles. The molecule has 1 atom stereocenters. The van der Waals surface area contributed by atoms with Gasteiger partial charge < -0.3 is 9.88 Å². The number of rotatable bonds is 6. The number of aryl methyl sites for hydroxylation is 1. The van der Waals surface area contributed by atoms with Gasteiger partial charge in [-0.1, -0.05) is 11.8 Å². The van der Waals surface area contributed by atoms with E-state index in [4.69, 9.17) is 0 Å². The quantitative estimate of drug-likeness (QED) is 0.619. The maximum Gasteiger partial charge on any atom is 0.242 e. The number of amides is 1. The van der Waals surface area contributed by atoms with E-state index in [0.29, 0.717) is 11.7 Å². The van der Waals surface area contributed by atoms with Crippen molar-refractivity contribution in [3.05, 3.63) is 30.4 Å². The monoisotopic (exact) mass is 279 g/mol. The Kier molecular flexibility index (Phi) is 4.62. The number of H-pyrrole nitrogens is 1. The highest BCUT2D eigenvalue weighted by atomic mass is 32.2. The van der Waals surface area contributed by atoms with Crippen molar-refractivity contribution in [1.29, 1.82) is 0 Å². The number of nitrogens with zero attached hydrogens (tertiary/aromatic N) is 3. The molecule has 7 heteroatoms. The number of aromatic nitrogens is 4. The van der Waals surface area contributed by atoms with E-state index in [1.165, 1.54) is 11.8 Å². The maximum absolute atomic E-state index is 11.9. The molecule has 1 unspecified atom stereocenters. The molecule has 0 aliphatic rings. The lowest BCUT2D eigenvalue weighted by atomic mass is 10.3. The van der Waals surface area contributed by atoms with Crippen LogP contribution in [0.1, 0.15) is 18.8 Å². The molecular weight excluding hydrogens is 262 g/mol. The summed E-state index contributed by atoms with van der Waals surface area (Å²) in [4.78, 5) is 16.1. The van der Waals surface area contributed by atoms with Crippen LogP contribution in [0.4, 0.5) is 0 Å². The molecule has 0 aliphatic carbocycles. The van der Waals surface area contributed by atoms with Crippen LogP contribution in [0.25, 0.3) is 0 Å². The van der Waals surface area contributed by atoms with Gasteiger partial charge in [0.05, 0.1) is 0 Å². The molecule has 0 aliphatic heterocycles. The first kappa shape index (κ1) is 13.7. The van der Waals surface area contributed by atoms with Crippen molar-refractivity contribution in [3.63, 3.8) is 0 Å². The molecule has 2 rings (SSSR count).